The van der Waals surface area contributed by atoms with E-state index < -0.39 is 47.9 Å². The molecule has 212 valence electrons. The van der Waals surface area contributed by atoms with Gasteiger partial charge in [-0.05, 0) is 54.0 Å². The van der Waals surface area contributed by atoms with Crippen LogP contribution in [0, 0.1) is 5.92 Å². The molecule has 0 spiro atoms. The van der Waals surface area contributed by atoms with Gasteiger partial charge in [-0.2, -0.15) is 11.8 Å². The van der Waals surface area contributed by atoms with Gasteiger partial charge in [-0.15, -0.1) is 0 Å². The first-order valence-electron chi connectivity index (χ1n) is 12.7. The Hall–Kier alpha value is -3.57. The van der Waals surface area contributed by atoms with Crippen molar-refractivity contribution in [2.24, 2.45) is 11.7 Å². The lowest BCUT2D eigenvalue weighted by atomic mass is 10.0. The van der Waals surface area contributed by atoms with Gasteiger partial charge in [-0.3, -0.25) is 14.4 Å². The number of benzene rings is 2. The van der Waals surface area contributed by atoms with Gasteiger partial charge >= 0.3 is 5.97 Å². The van der Waals surface area contributed by atoms with Crippen molar-refractivity contribution in [1.29, 1.82) is 0 Å². The quantitative estimate of drug-likeness (QED) is 0.191. The summed E-state index contributed by atoms with van der Waals surface area (Å²) in [5, 5.41) is 27.1. The Morgan fingerprint density at radius 3 is 1.97 bits per heavy atom. The minimum absolute atomic E-state index is 0.00543. The van der Waals surface area contributed by atoms with Gasteiger partial charge in [-0.25, -0.2) is 4.79 Å². The summed E-state index contributed by atoms with van der Waals surface area (Å²) in [5.74, 6) is -2.64. The van der Waals surface area contributed by atoms with Crippen LogP contribution in [0.4, 0.5) is 0 Å². The van der Waals surface area contributed by atoms with E-state index in [9.17, 15) is 29.4 Å². The molecule has 0 aliphatic rings. The molecule has 0 fully saturated rings. The number of nitrogens with one attached hydrogen (secondary N) is 3. The van der Waals surface area contributed by atoms with E-state index in [2.05, 4.69) is 16.0 Å². The summed E-state index contributed by atoms with van der Waals surface area (Å²) in [6.45, 7) is 3.53. The maximum Gasteiger partial charge on any atom is 0.326 e. The molecule has 3 amide bonds. The van der Waals surface area contributed by atoms with Gasteiger partial charge in [-0.1, -0.05) is 56.3 Å². The standard InChI is InChI=1S/C28H38N4O6S/c1-17(2)24(32-25(34)21(29)15-18-7-5-4-6-8-18)27(36)30-22(13-14-39-3)26(35)31-23(28(37)38)16-19-9-11-20(33)12-10-19/h4-12,17,21-24,33H,13-16,29H2,1-3H3,(H,30,36)(H,31,35)(H,32,34)(H,37,38). The molecule has 0 aliphatic carbocycles. The predicted octanol–water partition coefficient (Wildman–Crippen LogP) is 1.45. The normalized spacial score (nSPS) is 14.1. The fourth-order valence-corrected chi connectivity index (χ4v) is 4.33. The molecule has 0 aromatic heterocycles. The molecule has 0 radical (unpaired) electrons. The summed E-state index contributed by atoms with van der Waals surface area (Å²) in [4.78, 5) is 51.0. The molecule has 0 heterocycles. The molecule has 11 heteroatoms. The molecule has 2 rings (SSSR count). The van der Waals surface area contributed by atoms with Crippen LogP contribution in [-0.2, 0) is 32.0 Å². The van der Waals surface area contributed by atoms with Crippen molar-refractivity contribution in [1.82, 2.24) is 16.0 Å². The smallest absolute Gasteiger partial charge is 0.326 e. The zero-order valence-corrected chi connectivity index (χ0v) is 23.2. The summed E-state index contributed by atoms with van der Waals surface area (Å²) in [6.07, 6.45) is 2.41. The van der Waals surface area contributed by atoms with Gasteiger partial charge in [0.15, 0.2) is 0 Å². The zero-order valence-electron chi connectivity index (χ0n) is 22.4. The molecular formula is C28H38N4O6S. The van der Waals surface area contributed by atoms with E-state index in [1.807, 2.05) is 36.6 Å². The molecule has 10 nitrogen and oxygen atoms in total. The number of nitrogens with two attached hydrogens (primary N) is 1. The number of carbonyl (C=O) groups is 4. The first-order chi connectivity index (χ1) is 18.5. The SMILES string of the molecule is CSCCC(NC(=O)C(NC(=O)C(N)Cc1ccccc1)C(C)C)C(=O)NC(Cc1ccc(O)cc1)C(=O)O. The summed E-state index contributed by atoms with van der Waals surface area (Å²) < 4.78 is 0. The minimum Gasteiger partial charge on any atom is -0.508 e. The van der Waals surface area contributed by atoms with E-state index in [-0.39, 0.29) is 24.5 Å². The van der Waals surface area contributed by atoms with E-state index in [0.717, 1.165) is 5.56 Å². The number of phenols is 1. The number of amides is 3. The number of carbonyl (C=O) groups excluding carboxylic acids is 3. The Morgan fingerprint density at radius 1 is 0.821 bits per heavy atom. The maximum atomic E-state index is 13.2. The van der Waals surface area contributed by atoms with Crippen LogP contribution >= 0.6 is 11.8 Å². The van der Waals surface area contributed by atoms with Crippen LogP contribution < -0.4 is 21.7 Å². The molecular weight excluding hydrogens is 520 g/mol. The average molecular weight is 559 g/mol. The van der Waals surface area contributed by atoms with E-state index in [4.69, 9.17) is 5.73 Å². The average Bonchev–Trinajstić information content (AvgIpc) is 2.90. The van der Waals surface area contributed by atoms with Crippen molar-refractivity contribution in [2.45, 2.75) is 57.3 Å². The van der Waals surface area contributed by atoms with Crippen molar-refractivity contribution in [3.05, 3.63) is 65.7 Å². The largest absolute Gasteiger partial charge is 0.508 e. The summed E-state index contributed by atoms with van der Waals surface area (Å²) in [6, 6.07) is 11.2. The highest BCUT2D eigenvalue weighted by molar-refractivity contribution is 7.98. The van der Waals surface area contributed by atoms with Crippen LogP contribution in [0.2, 0.25) is 0 Å². The zero-order chi connectivity index (χ0) is 28.9. The first-order valence-corrected chi connectivity index (χ1v) is 14.1. The van der Waals surface area contributed by atoms with Crippen LogP contribution in [0.1, 0.15) is 31.4 Å². The number of thioether (sulfide) groups is 1. The fraction of sp³-hybridized carbons (Fsp3) is 0.429. The summed E-state index contributed by atoms with van der Waals surface area (Å²) >= 11 is 1.48. The highest BCUT2D eigenvalue weighted by Gasteiger charge is 2.31. The molecule has 4 atom stereocenters. The van der Waals surface area contributed by atoms with Crippen LogP contribution in [-0.4, -0.2) is 70.1 Å². The van der Waals surface area contributed by atoms with E-state index in [0.29, 0.717) is 17.7 Å². The van der Waals surface area contributed by atoms with Crippen molar-refractivity contribution in [3.8, 4) is 5.75 Å². The molecule has 0 aliphatic heterocycles. The molecule has 39 heavy (non-hydrogen) atoms. The Bertz CT molecular complexity index is 1100. The second-order valence-corrected chi connectivity index (χ2v) is 10.6. The highest BCUT2D eigenvalue weighted by Crippen LogP contribution is 2.12. The van der Waals surface area contributed by atoms with Crippen LogP contribution in [0.3, 0.4) is 0 Å². The molecule has 2 aromatic rings. The fourth-order valence-electron chi connectivity index (χ4n) is 3.86. The maximum absolute atomic E-state index is 13.2. The number of phenolic OH excluding ortho intramolecular Hbond substituents is 1. The summed E-state index contributed by atoms with van der Waals surface area (Å²) in [7, 11) is 0. The van der Waals surface area contributed by atoms with Gasteiger partial charge in [0.1, 0.15) is 23.9 Å². The molecule has 0 saturated heterocycles. The lowest BCUT2D eigenvalue weighted by Crippen LogP contribution is -2.58. The first kappa shape index (κ1) is 31.6. The number of carboxylic acid groups (broad SMARTS) is 1. The van der Waals surface area contributed by atoms with Crippen LogP contribution in [0.5, 0.6) is 5.75 Å². The molecule has 2 aromatic carbocycles. The third-order valence-corrected chi connectivity index (χ3v) is 6.76. The highest BCUT2D eigenvalue weighted by atomic mass is 32.2. The van der Waals surface area contributed by atoms with Crippen molar-refractivity contribution in [2.75, 3.05) is 12.0 Å². The molecule has 0 saturated carbocycles. The Balaban J connectivity index is 2.09. The van der Waals surface area contributed by atoms with Gasteiger partial charge in [0.05, 0.1) is 6.04 Å². The monoisotopic (exact) mass is 558 g/mol. The van der Waals surface area contributed by atoms with Crippen molar-refractivity contribution < 1.29 is 29.4 Å². The van der Waals surface area contributed by atoms with Crippen molar-refractivity contribution in [3.63, 3.8) is 0 Å². The van der Waals surface area contributed by atoms with E-state index in [1.54, 1.807) is 26.0 Å². The second kappa shape index (κ2) is 15.7. The van der Waals surface area contributed by atoms with Gasteiger partial charge in [0.25, 0.3) is 0 Å². The Kier molecular flexibility index (Phi) is 12.8. The number of carboxylic acids is 1. The number of hydrogen-bond donors (Lipinski definition) is 6. The molecule has 7 N–H and O–H groups in total. The minimum atomic E-state index is -1.24. The Morgan fingerprint density at radius 2 is 1.41 bits per heavy atom. The van der Waals surface area contributed by atoms with E-state index >= 15 is 0 Å². The topological polar surface area (TPSA) is 171 Å². The van der Waals surface area contributed by atoms with Gasteiger partial charge in [0, 0.05) is 6.42 Å². The molecule has 4 unspecified atom stereocenters. The lowest BCUT2D eigenvalue weighted by molar-refractivity contribution is -0.142. The van der Waals surface area contributed by atoms with E-state index in [1.165, 1.54) is 23.9 Å². The molecule has 0 bridgehead atoms. The van der Waals surface area contributed by atoms with Crippen molar-refractivity contribution >= 4 is 35.5 Å². The van der Waals surface area contributed by atoms with Gasteiger partial charge < -0.3 is 31.9 Å². The van der Waals surface area contributed by atoms with Crippen LogP contribution in [0.15, 0.2) is 54.6 Å². The Labute approximate surface area is 233 Å². The van der Waals surface area contributed by atoms with Gasteiger partial charge in [0.2, 0.25) is 17.7 Å². The number of aliphatic carboxylic acids is 1. The number of hydrogen-bond acceptors (Lipinski definition) is 7. The third kappa shape index (κ3) is 10.6. The number of rotatable bonds is 15. The second-order valence-electron chi connectivity index (χ2n) is 9.64. The summed E-state index contributed by atoms with van der Waals surface area (Å²) in [5.41, 5.74) is 7.59. The van der Waals surface area contributed by atoms with Crippen LogP contribution in [0.25, 0.3) is 0 Å². The number of aromatic hydroxyl groups is 1. The third-order valence-electron chi connectivity index (χ3n) is 6.12. The lowest BCUT2D eigenvalue weighted by Gasteiger charge is -2.27. The predicted molar refractivity (Wildman–Crippen MR) is 151 cm³/mol.